The van der Waals surface area contributed by atoms with E-state index < -0.39 is 0 Å². The molecule has 2 atom stereocenters. The van der Waals surface area contributed by atoms with Crippen molar-refractivity contribution < 1.29 is 9.53 Å². The van der Waals surface area contributed by atoms with Crippen molar-refractivity contribution in [1.82, 2.24) is 4.90 Å². The Bertz CT molecular complexity index is 506. The Kier molecular flexibility index (Phi) is 3.77. The summed E-state index contributed by atoms with van der Waals surface area (Å²) in [5, 5.41) is 0. The third-order valence-electron chi connectivity index (χ3n) is 4.19. The van der Waals surface area contributed by atoms with E-state index in [0.717, 1.165) is 30.6 Å². The first-order chi connectivity index (χ1) is 9.78. The summed E-state index contributed by atoms with van der Waals surface area (Å²) in [5.74, 6) is 1.12. The van der Waals surface area contributed by atoms with Crippen LogP contribution in [0.5, 0.6) is 5.75 Å². The van der Waals surface area contributed by atoms with Crippen LogP contribution in [0.15, 0.2) is 36.4 Å². The van der Waals surface area contributed by atoms with Crippen molar-refractivity contribution in [3.05, 3.63) is 42.0 Å². The number of carbonyl (C=O) groups is 1. The summed E-state index contributed by atoms with van der Waals surface area (Å²) in [6, 6.07) is 8.63. The highest BCUT2D eigenvalue weighted by Crippen LogP contribution is 2.32. The number of amides is 1. The van der Waals surface area contributed by atoms with Crippen LogP contribution in [0.25, 0.3) is 0 Å². The standard InChI is InChI=1S/C17H21NO2/c1-2-20-16-10-6-13(7-11-16)12-17(19)18-14-4-3-5-15(18)9-8-14/h3-4,6-7,10-11,14-15H,2,5,8-9,12H2,1H3/t14-,15-/m0/s1. The number of carbonyl (C=O) groups excluding carboxylic acids is 1. The van der Waals surface area contributed by atoms with Gasteiger partial charge in [-0.05, 0) is 43.9 Å². The van der Waals surface area contributed by atoms with Gasteiger partial charge in [-0.1, -0.05) is 24.3 Å². The Labute approximate surface area is 120 Å². The average Bonchev–Trinajstić information content (AvgIpc) is 2.71. The Morgan fingerprint density at radius 1 is 1.30 bits per heavy atom. The summed E-state index contributed by atoms with van der Waals surface area (Å²) >= 11 is 0. The van der Waals surface area contributed by atoms with Gasteiger partial charge in [-0.3, -0.25) is 4.79 Å². The van der Waals surface area contributed by atoms with Crippen molar-refractivity contribution in [1.29, 1.82) is 0 Å². The minimum absolute atomic E-state index is 0.256. The van der Waals surface area contributed by atoms with Gasteiger partial charge in [0.15, 0.2) is 0 Å². The molecule has 3 heteroatoms. The van der Waals surface area contributed by atoms with Crippen LogP contribution in [-0.2, 0) is 11.2 Å². The molecule has 1 amide bonds. The SMILES string of the molecule is CCOc1ccc(CC(=O)N2[C@H]3CC=C[C@H]2CC3)cc1. The first-order valence-corrected chi connectivity index (χ1v) is 7.47. The highest BCUT2D eigenvalue weighted by molar-refractivity contribution is 5.80. The number of ether oxygens (including phenoxy) is 1. The van der Waals surface area contributed by atoms with Crippen molar-refractivity contribution in [3.63, 3.8) is 0 Å². The maximum Gasteiger partial charge on any atom is 0.227 e. The lowest BCUT2D eigenvalue weighted by molar-refractivity contribution is -0.132. The molecule has 20 heavy (non-hydrogen) atoms. The molecule has 1 aromatic carbocycles. The summed E-state index contributed by atoms with van der Waals surface area (Å²) in [4.78, 5) is 14.6. The zero-order chi connectivity index (χ0) is 13.9. The predicted octanol–water partition coefficient (Wildman–Crippen LogP) is 2.95. The smallest absolute Gasteiger partial charge is 0.227 e. The monoisotopic (exact) mass is 271 g/mol. The molecule has 3 nitrogen and oxygen atoms in total. The van der Waals surface area contributed by atoms with E-state index in [4.69, 9.17) is 4.74 Å². The van der Waals surface area contributed by atoms with Crippen LogP contribution < -0.4 is 4.74 Å². The van der Waals surface area contributed by atoms with Crippen molar-refractivity contribution >= 4 is 5.91 Å². The Morgan fingerprint density at radius 2 is 2.10 bits per heavy atom. The van der Waals surface area contributed by atoms with Crippen LogP contribution in [0.1, 0.15) is 31.7 Å². The van der Waals surface area contributed by atoms with E-state index in [0.29, 0.717) is 25.1 Å². The van der Waals surface area contributed by atoms with E-state index in [1.807, 2.05) is 31.2 Å². The molecule has 0 radical (unpaired) electrons. The van der Waals surface area contributed by atoms with E-state index in [2.05, 4.69) is 17.1 Å². The molecule has 2 aliphatic rings. The Balaban J connectivity index is 1.65. The number of hydrogen-bond acceptors (Lipinski definition) is 2. The second kappa shape index (κ2) is 5.70. The third-order valence-corrected chi connectivity index (χ3v) is 4.19. The third kappa shape index (κ3) is 2.58. The molecule has 3 rings (SSSR count). The molecular formula is C17H21NO2. The van der Waals surface area contributed by atoms with Crippen molar-refractivity contribution in [2.45, 2.75) is 44.7 Å². The lowest BCUT2D eigenvalue weighted by Gasteiger charge is -2.31. The molecule has 1 saturated heterocycles. The fraction of sp³-hybridized carbons (Fsp3) is 0.471. The minimum atomic E-state index is 0.256. The lowest BCUT2D eigenvalue weighted by atomic mass is 10.1. The normalized spacial score (nSPS) is 23.9. The van der Waals surface area contributed by atoms with E-state index >= 15 is 0 Å². The molecule has 2 heterocycles. The second-order valence-electron chi connectivity index (χ2n) is 5.52. The van der Waals surface area contributed by atoms with Gasteiger partial charge < -0.3 is 9.64 Å². The maximum atomic E-state index is 12.5. The highest BCUT2D eigenvalue weighted by atomic mass is 16.5. The van der Waals surface area contributed by atoms with Gasteiger partial charge in [-0.15, -0.1) is 0 Å². The minimum Gasteiger partial charge on any atom is -0.494 e. The number of hydrogen-bond donors (Lipinski definition) is 0. The second-order valence-corrected chi connectivity index (χ2v) is 5.52. The summed E-state index contributed by atoms with van der Waals surface area (Å²) in [7, 11) is 0. The Hall–Kier alpha value is -1.77. The number of nitrogens with zero attached hydrogens (tertiary/aromatic N) is 1. The van der Waals surface area contributed by atoms with Crippen molar-refractivity contribution in [2.24, 2.45) is 0 Å². The predicted molar refractivity (Wildman–Crippen MR) is 78.7 cm³/mol. The van der Waals surface area contributed by atoms with Crippen molar-refractivity contribution in [2.75, 3.05) is 6.61 Å². The van der Waals surface area contributed by atoms with E-state index in [-0.39, 0.29) is 5.91 Å². The van der Waals surface area contributed by atoms with Gasteiger partial charge in [-0.2, -0.15) is 0 Å². The molecule has 0 unspecified atom stereocenters. The molecule has 1 fully saturated rings. The van der Waals surface area contributed by atoms with Gasteiger partial charge in [0, 0.05) is 6.04 Å². The van der Waals surface area contributed by atoms with Gasteiger partial charge in [-0.25, -0.2) is 0 Å². The molecule has 2 bridgehead atoms. The summed E-state index contributed by atoms with van der Waals surface area (Å²) in [6.45, 7) is 2.64. The van der Waals surface area contributed by atoms with E-state index in [1.165, 1.54) is 0 Å². The topological polar surface area (TPSA) is 29.5 Å². The summed E-state index contributed by atoms with van der Waals surface area (Å²) in [6.07, 6.45) is 8.20. The van der Waals surface area contributed by atoms with Gasteiger partial charge in [0.1, 0.15) is 5.75 Å². The number of fused-ring (bicyclic) bond motifs is 2. The lowest BCUT2D eigenvalue weighted by Crippen LogP contribution is -2.42. The van der Waals surface area contributed by atoms with Gasteiger partial charge >= 0.3 is 0 Å². The zero-order valence-corrected chi connectivity index (χ0v) is 11.9. The van der Waals surface area contributed by atoms with E-state index in [1.54, 1.807) is 0 Å². The molecule has 106 valence electrons. The molecule has 1 aromatic rings. The molecular weight excluding hydrogens is 250 g/mol. The van der Waals surface area contributed by atoms with Crippen LogP contribution >= 0.6 is 0 Å². The molecule has 0 spiro atoms. The highest BCUT2D eigenvalue weighted by Gasteiger charge is 2.36. The van der Waals surface area contributed by atoms with Crippen LogP contribution in [-0.4, -0.2) is 29.5 Å². The van der Waals surface area contributed by atoms with Gasteiger partial charge in [0.05, 0.1) is 19.1 Å². The summed E-state index contributed by atoms with van der Waals surface area (Å²) in [5.41, 5.74) is 1.06. The number of benzene rings is 1. The van der Waals surface area contributed by atoms with Crippen molar-refractivity contribution in [3.8, 4) is 5.75 Å². The van der Waals surface area contributed by atoms with Crippen LogP contribution in [0.3, 0.4) is 0 Å². The van der Waals surface area contributed by atoms with Crippen LogP contribution in [0, 0.1) is 0 Å². The largest absolute Gasteiger partial charge is 0.494 e. The quantitative estimate of drug-likeness (QED) is 0.788. The maximum absolute atomic E-state index is 12.5. The van der Waals surface area contributed by atoms with Gasteiger partial charge in [0.2, 0.25) is 5.91 Å². The molecule has 0 aromatic heterocycles. The zero-order valence-electron chi connectivity index (χ0n) is 11.9. The Morgan fingerprint density at radius 3 is 2.80 bits per heavy atom. The molecule has 0 aliphatic carbocycles. The summed E-state index contributed by atoms with van der Waals surface area (Å²) < 4.78 is 5.42. The fourth-order valence-electron chi connectivity index (χ4n) is 3.25. The molecule has 2 aliphatic heterocycles. The average molecular weight is 271 g/mol. The van der Waals surface area contributed by atoms with Crippen LogP contribution in [0.4, 0.5) is 0 Å². The molecule has 0 N–H and O–H groups in total. The number of rotatable bonds is 4. The first kappa shape index (κ1) is 13.2. The fourth-order valence-corrected chi connectivity index (χ4v) is 3.25. The van der Waals surface area contributed by atoms with Gasteiger partial charge in [0.25, 0.3) is 0 Å². The van der Waals surface area contributed by atoms with E-state index in [9.17, 15) is 4.79 Å². The first-order valence-electron chi connectivity index (χ1n) is 7.47. The van der Waals surface area contributed by atoms with Crippen LogP contribution in [0.2, 0.25) is 0 Å². The molecule has 0 saturated carbocycles.